The van der Waals surface area contributed by atoms with Gasteiger partial charge in [0.15, 0.2) is 0 Å². The van der Waals surface area contributed by atoms with Crippen LogP contribution < -0.4 is 5.32 Å². The van der Waals surface area contributed by atoms with E-state index < -0.39 is 0 Å². The van der Waals surface area contributed by atoms with Crippen LogP contribution in [0.15, 0.2) is 30.3 Å². The molecule has 1 heterocycles. The van der Waals surface area contributed by atoms with E-state index in [2.05, 4.69) is 40.5 Å². The van der Waals surface area contributed by atoms with E-state index >= 15 is 0 Å². The van der Waals surface area contributed by atoms with Crippen LogP contribution in [-0.2, 0) is 6.54 Å². The molecule has 1 atom stereocenters. The third kappa shape index (κ3) is 3.30. The molecule has 0 amide bonds. The summed E-state index contributed by atoms with van der Waals surface area (Å²) in [6.45, 7) is 4.23. The van der Waals surface area contributed by atoms with Gasteiger partial charge < -0.3 is 10.4 Å². The van der Waals surface area contributed by atoms with Crippen LogP contribution in [0.1, 0.15) is 12.0 Å². The smallest absolute Gasteiger partial charge is 0.0556 e. The molecule has 1 aliphatic rings. The van der Waals surface area contributed by atoms with E-state index in [1.54, 1.807) is 0 Å². The van der Waals surface area contributed by atoms with Crippen LogP contribution in [0.25, 0.3) is 0 Å². The molecule has 3 nitrogen and oxygen atoms in total. The Morgan fingerprint density at radius 1 is 1.31 bits per heavy atom. The van der Waals surface area contributed by atoms with Gasteiger partial charge in [-0.1, -0.05) is 30.3 Å². The van der Waals surface area contributed by atoms with E-state index in [1.165, 1.54) is 12.0 Å². The van der Waals surface area contributed by atoms with Crippen LogP contribution in [0.2, 0.25) is 0 Å². The maximum atomic E-state index is 8.75. The van der Waals surface area contributed by atoms with E-state index in [-0.39, 0.29) is 6.61 Å². The standard InChI is InChI=1S/C13H20N2O/c16-9-7-14-13-6-8-15(11-13)10-12-4-2-1-3-5-12/h1-5,13-14,16H,6-11H2. The number of benzene rings is 1. The summed E-state index contributed by atoms with van der Waals surface area (Å²) in [6, 6.07) is 11.1. The van der Waals surface area contributed by atoms with Gasteiger partial charge in [-0.05, 0) is 12.0 Å². The normalized spacial score (nSPS) is 21.4. The van der Waals surface area contributed by atoms with E-state index in [0.717, 1.165) is 19.6 Å². The second-order valence-corrected chi connectivity index (χ2v) is 4.38. The molecular weight excluding hydrogens is 200 g/mol. The van der Waals surface area contributed by atoms with Gasteiger partial charge in [0, 0.05) is 32.2 Å². The highest BCUT2D eigenvalue weighted by Crippen LogP contribution is 2.13. The van der Waals surface area contributed by atoms with Crippen molar-refractivity contribution in [2.75, 3.05) is 26.2 Å². The molecule has 1 aromatic carbocycles. The zero-order valence-electron chi connectivity index (χ0n) is 9.60. The molecule has 2 N–H and O–H groups in total. The maximum Gasteiger partial charge on any atom is 0.0556 e. The van der Waals surface area contributed by atoms with Crippen molar-refractivity contribution in [3.05, 3.63) is 35.9 Å². The van der Waals surface area contributed by atoms with Gasteiger partial charge in [-0.25, -0.2) is 0 Å². The van der Waals surface area contributed by atoms with Gasteiger partial charge in [-0.15, -0.1) is 0 Å². The average Bonchev–Trinajstić information content (AvgIpc) is 2.75. The first-order chi connectivity index (χ1) is 7.88. The predicted molar refractivity (Wildman–Crippen MR) is 65.2 cm³/mol. The number of hydrogen-bond donors (Lipinski definition) is 2. The van der Waals surface area contributed by atoms with Crippen LogP contribution in [0, 0.1) is 0 Å². The fourth-order valence-electron chi connectivity index (χ4n) is 2.25. The quantitative estimate of drug-likeness (QED) is 0.772. The van der Waals surface area contributed by atoms with Crippen molar-refractivity contribution in [2.24, 2.45) is 0 Å². The summed E-state index contributed by atoms with van der Waals surface area (Å²) in [7, 11) is 0. The van der Waals surface area contributed by atoms with Gasteiger partial charge in [-0.3, -0.25) is 4.90 Å². The second-order valence-electron chi connectivity index (χ2n) is 4.38. The highest BCUT2D eigenvalue weighted by atomic mass is 16.3. The molecule has 1 aliphatic heterocycles. The van der Waals surface area contributed by atoms with Crippen molar-refractivity contribution in [3.63, 3.8) is 0 Å². The lowest BCUT2D eigenvalue weighted by molar-refractivity contribution is 0.278. The van der Waals surface area contributed by atoms with Crippen molar-refractivity contribution in [1.82, 2.24) is 10.2 Å². The highest BCUT2D eigenvalue weighted by molar-refractivity contribution is 5.14. The number of nitrogens with zero attached hydrogens (tertiary/aromatic N) is 1. The summed E-state index contributed by atoms with van der Waals surface area (Å²) < 4.78 is 0. The molecule has 0 spiro atoms. The molecule has 1 fully saturated rings. The van der Waals surface area contributed by atoms with Crippen LogP contribution in [0.4, 0.5) is 0 Å². The average molecular weight is 220 g/mol. The molecule has 1 aromatic rings. The largest absolute Gasteiger partial charge is 0.395 e. The van der Waals surface area contributed by atoms with Crippen LogP contribution in [0.5, 0.6) is 0 Å². The lowest BCUT2D eigenvalue weighted by Crippen LogP contribution is -2.34. The Morgan fingerprint density at radius 2 is 2.12 bits per heavy atom. The minimum absolute atomic E-state index is 0.231. The Balaban J connectivity index is 1.76. The first-order valence-corrected chi connectivity index (χ1v) is 5.99. The summed E-state index contributed by atoms with van der Waals surface area (Å²) in [5.41, 5.74) is 1.38. The highest BCUT2D eigenvalue weighted by Gasteiger charge is 2.21. The molecule has 16 heavy (non-hydrogen) atoms. The van der Waals surface area contributed by atoms with Gasteiger partial charge in [0.05, 0.1) is 6.61 Å². The van der Waals surface area contributed by atoms with Gasteiger partial charge in [0.2, 0.25) is 0 Å². The zero-order valence-corrected chi connectivity index (χ0v) is 9.60. The van der Waals surface area contributed by atoms with Crippen LogP contribution >= 0.6 is 0 Å². The molecule has 0 radical (unpaired) electrons. The van der Waals surface area contributed by atoms with Crippen molar-refractivity contribution in [2.45, 2.75) is 19.0 Å². The van der Waals surface area contributed by atoms with Crippen LogP contribution in [-0.4, -0.2) is 42.3 Å². The van der Waals surface area contributed by atoms with Gasteiger partial charge >= 0.3 is 0 Å². The molecule has 0 aromatic heterocycles. The van der Waals surface area contributed by atoms with Crippen molar-refractivity contribution >= 4 is 0 Å². The van der Waals surface area contributed by atoms with Gasteiger partial charge in [0.1, 0.15) is 0 Å². The third-order valence-corrected chi connectivity index (χ3v) is 3.07. The number of rotatable bonds is 5. The van der Waals surface area contributed by atoms with Gasteiger partial charge in [-0.2, -0.15) is 0 Å². The topological polar surface area (TPSA) is 35.5 Å². The summed E-state index contributed by atoms with van der Waals surface area (Å²) in [5.74, 6) is 0. The fraction of sp³-hybridized carbons (Fsp3) is 0.538. The number of hydrogen-bond acceptors (Lipinski definition) is 3. The van der Waals surface area contributed by atoms with Crippen molar-refractivity contribution in [3.8, 4) is 0 Å². The Bertz CT molecular complexity index is 302. The SMILES string of the molecule is OCCNC1CCN(Cc2ccccc2)C1. The third-order valence-electron chi connectivity index (χ3n) is 3.07. The molecule has 0 aliphatic carbocycles. The molecule has 88 valence electrons. The Labute approximate surface area is 97.1 Å². The summed E-state index contributed by atoms with van der Waals surface area (Å²) in [6.07, 6.45) is 1.19. The Hall–Kier alpha value is -0.900. The van der Waals surface area contributed by atoms with E-state index in [9.17, 15) is 0 Å². The molecular formula is C13H20N2O. The second kappa shape index (κ2) is 5.99. The lowest BCUT2D eigenvalue weighted by atomic mass is 10.2. The molecule has 0 saturated carbocycles. The van der Waals surface area contributed by atoms with Crippen LogP contribution in [0.3, 0.4) is 0 Å². The summed E-state index contributed by atoms with van der Waals surface area (Å²) >= 11 is 0. The molecule has 2 rings (SSSR count). The Kier molecular flexibility index (Phi) is 4.34. The lowest BCUT2D eigenvalue weighted by Gasteiger charge is -2.16. The first kappa shape index (κ1) is 11.6. The summed E-state index contributed by atoms with van der Waals surface area (Å²) in [4.78, 5) is 2.46. The number of likely N-dealkylation sites (tertiary alicyclic amines) is 1. The summed E-state index contributed by atoms with van der Waals surface area (Å²) in [5, 5.41) is 12.1. The zero-order chi connectivity index (χ0) is 11.2. The molecule has 1 unspecified atom stereocenters. The van der Waals surface area contributed by atoms with Crippen molar-refractivity contribution < 1.29 is 5.11 Å². The molecule has 0 bridgehead atoms. The van der Waals surface area contributed by atoms with Crippen molar-refractivity contribution in [1.29, 1.82) is 0 Å². The Morgan fingerprint density at radius 3 is 2.88 bits per heavy atom. The maximum absolute atomic E-state index is 8.75. The number of aliphatic hydroxyl groups excluding tert-OH is 1. The minimum Gasteiger partial charge on any atom is -0.395 e. The minimum atomic E-state index is 0.231. The molecule has 1 saturated heterocycles. The predicted octanol–water partition coefficient (Wildman–Crippen LogP) is 0.843. The first-order valence-electron chi connectivity index (χ1n) is 5.99. The number of aliphatic hydroxyl groups is 1. The fourth-order valence-corrected chi connectivity index (χ4v) is 2.25. The van der Waals surface area contributed by atoms with E-state index in [1.807, 2.05) is 0 Å². The monoisotopic (exact) mass is 220 g/mol. The van der Waals surface area contributed by atoms with E-state index in [4.69, 9.17) is 5.11 Å². The van der Waals surface area contributed by atoms with Gasteiger partial charge in [0.25, 0.3) is 0 Å². The van der Waals surface area contributed by atoms with E-state index in [0.29, 0.717) is 12.6 Å². The molecule has 3 heteroatoms. The number of nitrogens with one attached hydrogen (secondary N) is 1.